The monoisotopic (exact) mass is 729 g/mol. The summed E-state index contributed by atoms with van der Waals surface area (Å²) in [4.78, 5) is 10.7. The van der Waals surface area contributed by atoms with Crippen molar-refractivity contribution in [2.75, 3.05) is 0 Å². The molecule has 2 rings (SSSR count). The summed E-state index contributed by atoms with van der Waals surface area (Å²) in [6.45, 7) is 9.19. The Morgan fingerprint density at radius 3 is 0.940 bits per heavy atom. The van der Waals surface area contributed by atoms with Crippen molar-refractivity contribution in [2.45, 2.75) is 214 Å². The summed E-state index contributed by atoms with van der Waals surface area (Å²) < 4.78 is 0. The van der Waals surface area contributed by atoms with Crippen LogP contribution in [0, 0.1) is 0 Å². The number of rotatable bonds is 32. The molecule has 2 aromatic rings. The smallest absolute Gasteiger partial charge is 0.0633 e. The molecule has 286 valence electrons. The van der Waals surface area contributed by atoms with Gasteiger partial charge in [-0.25, -0.2) is 0 Å². The van der Waals surface area contributed by atoms with Crippen molar-refractivity contribution in [1.82, 2.24) is 0 Å². The maximum Gasteiger partial charge on any atom is 0.0633 e. The minimum atomic E-state index is 0. The van der Waals surface area contributed by atoms with Crippen molar-refractivity contribution < 1.29 is 16.5 Å². The first-order chi connectivity index (χ1) is 24.2. The van der Waals surface area contributed by atoms with E-state index in [-0.39, 0.29) is 16.5 Å². The zero-order valence-electron chi connectivity index (χ0n) is 33.3. The molecule has 0 fully saturated rings. The fourth-order valence-corrected chi connectivity index (χ4v) is 6.86. The molecule has 0 aliphatic heterocycles. The first kappa shape index (κ1) is 46.3. The van der Waals surface area contributed by atoms with Crippen LogP contribution in [0.25, 0.3) is 0 Å². The Morgan fingerprint density at radius 2 is 0.600 bits per heavy atom. The van der Waals surface area contributed by atoms with Gasteiger partial charge in [0.25, 0.3) is 0 Å². The zero-order valence-corrected chi connectivity index (χ0v) is 34.3. The first-order valence-corrected chi connectivity index (χ1v) is 21.5. The van der Waals surface area contributed by atoms with E-state index < -0.39 is 0 Å². The topological polar surface area (TPSA) is 24.7 Å². The van der Waals surface area contributed by atoms with Crippen LogP contribution in [-0.2, 0) is 29.3 Å². The van der Waals surface area contributed by atoms with Crippen LogP contribution in [0.2, 0.25) is 0 Å². The van der Waals surface area contributed by atoms with Gasteiger partial charge in [0.2, 0.25) is 0 Å². The van der Waals surface area contributed by atoms with E-state index in [1.165, 1.54) is 196 Å². The van der Waals surface area contributed by atoms with E-state index in [1.54, 1.807) is 0 Å². The Bertz CT molecular complexity index is 1090. The Labute approximate surface area is 321 Å². The van der Waals surface area contributed by atoms with Crippen LogP contribution in [0.5, 0.6) is 0 Å². The molecule has 0 saturated heterocycles. The van der Waals surface area contributed by atoms with Crippen molar-refractivity contribution in [3.8, 4) is 0 Å². The number of hydrogen-bond donors (Lipinski definition) is 0. The fourth-order valence-electron chi connectivity index (χ4n) is 6.86. The maximum absolute atomic E-state index is 5.34. The van der Waals surface area contributed by atoms with Gasteiger partial charge in [0.1, 0.15) is 0 Å². The molecule has 0 spiro atoms. The van der Waals surface area contributed by atoms with Crippen LogP contribution in [0.15, 0.2) is 58.5 Å². The van der Waals surface area contributed by atoms with Crippen LogP contribution in [-0.4, -0.2) is 11.4 Å². The third-order valence-corrected chi connectivity index (χ3v) is 10.2. The third-order valence-electron chi connectivity index (χ3n) is 10.2. The van der Waals surface area contributed by atoms with E-state index in [4.69, 9.17) is 9.98 Å². The Hall–Kier alpha value is -1.73. The summed E-state index contributed by atoms with van der Waals surface area (Å²) >= 11 is 0. The normalized spacial score (nSPS) is 12.0. The van der Waals surface area contributed by atoms with E-state index in [0.717, 1.165) is 24.2 Å². The minimum Gasteiger partial charge on any atom is -0.252 e. The number of aryl methyl sites for hydroxylation is 2. The largest absolute Gasteiger partial charge is 0.252 e. The zero-order chi connectivity index (χ0) is 35.0. The Kier molecular flexibility index (Phi) is 30.7. The van der Waals surface area contributed by atoms with Crippen LogP contribution in [0.4, 0.5) is 11.4 Å². The van der Waals surface area contributed by atoms with Crippen LogP contribution in [0.3, 0.4) is 0 Å². The Balaban J connectivity index is 0.0000125. The van der Waals surface area contributed by atoms with Crippen molar-refractivity contribution in [2.24, 2.45) is 9.98 Å². The quantitative estimate of drug-likeness (QED) is 0.0407. The molecular formula is C47H78N2Ni. The SMILES string of the molecule is CCCCCCCCCCc1ccc(N=C(CCCCC)C(CCCCCCCC)=Nc2ccc(CCCCCCCCCC)cc2)cc1.[Ni]. The average Bonchev–Trinajstić information content (AvgIpc) is 3.12. The van der Waals surface area contributed by atoms with Crippen molar-refractivity contribution in [1.29, 1.82) is 0 Å². The summed E-state index contributed by atoms with van der Waals surface area (Å²) in [7, 11) is 0. The summed E-state index contributed by atoms with van der Waals surface area (Å²) in [6, 6.07) is 18.3. The van der Waals surface area contributed by atoms with Crippen molar-refractivity contribution in [3.05, 3.63) is 59.7 Å². The Morgan fingerprint density at radius 1 is 0.340 bits per heavy atom. The molecule has 0 aromatic heterocycles. The number of unbranched alkanes of at least 4 members (excludes halogenated alkanes) is 21. The maximum atomic E-state index is 5.34. The van der Waals surface area contributed by atoms with Gasteiger partial charge in [0.05, 0.1) is 22.8 Å². The van der Waals surface area contributed by atoms with E-state index in [0.29, 0.717) is 0 Å². The number of hydrogen-bond acceptors (Lipinski definition) is 2. The van der Waals surface area contributed by atoms with Gasteiger partial charge in [-0.3, -0.25) is 9.98 Å². The molecule has 0 amide bonds. The van der Waals surface area contributed by atoms with Crippen LogP contribution >= 0.6 is 0 Å². The van der Waals surface area contributed by atoms with E-state index in [2.05, 4.69) is 76.2 Å². The predicted molar refractivity (Wildman–Crippen MR) is 222 cm³/mol. The second-order valence-corrected chi connectivity index (χ2v) is 14.9. The van der Waals surface area contributed by atoms with Gasteiger partial charge in [-0.15, -0.1) is 0 Å². The molecule has 2 aromatic carbocycles. The molecule has 0 bridgehead atoms. The first-order valence-electron chi connectivity index (χ1n) is 21.5. The molecular weight excluding hydrogens is 651 g/mol. The average molecular weight is 730 g/mol. The summed E-state index contributed by atoms with van der Waals surface area (Å²) in [5.74, 6) is 0. The van der Waals surface area contributed by atoms with Gasteiger partial charge >= 0.3 is 0 Å². The molecule has 0 N–H and O–H groups in total. The van der Waals surface area contributed by atoms with Gasteiger partial charge in [-0.2, -0.15) is 0 Å². The molecule has 0 aliphatic carbocycles. The number of aliphatic imine (C=N–C) groups is 2. The van der Waals surface area contributed by atoms with Gasteiger partial charge in [0.15, 0.2) is 0 Å². The summed E-state index contributed by atoms with van der Waals surface area (Å²) in [5, 5.41) is 0. The van der Waals surface area contributed by atoms with Gasteiger partial charge in [-0.1, -0.05) is 187 Å². The summed E-state index contributed by atoms with van der Waals surface area (Å²) in [6.07, 6.45) is 37.9. The molecule has 50 heavy (non-hydrogen) atoms. The number of nitrogens with zero attached hydrogens (tertiary/aromatic N) is 2. The molecule has 0 heterocycles. The molecule has 3 heteroatoms. The molecule has 0 unspecified atom stereocenters. The van der Waals surface area contributed by atoms with E-state index in [9.17, 15) is 0 Å². The van der Waals surface area contributed by atoms with Crippen LogP contribution in [0.1, 0.15) is 212 Å². The minimum absolute atomic E-state index is 0. The number of benzene rings is 2. The van der Waals surface area contributed by atoms with Gasteiger partial charge in [-0.05, 0) is 86.8 Å². The van der Waals surface area contributed by atoms with E-state index >= 15 is 0 Å². The fraction of sp³-hybridized carbons (Fsp3) is 0.702. The molecule has 2 nitrogen and oxygen atoms in total. The molecule has 0 saturated carbocycles. The van der Waals surface area contributed by atoms with Crippen molar-refractivity contribution >= 4 is 22.8 Å². The second kappa shape index (κ2) is 33.1. The molecule has 0 aliphatic rings. The van der Waals surface area contributed by atoms with E-state index in [1.807, 2.05) is 0 Å². The third kappa shape index (κ3) is 23.7. The summed E-state index contributed by atoms with van der Waals surface area (Å²) in [5.41, 5.74) is 7.50. The van der Waals surface area contributed by atoms with Gasteiger partial charge in [0, 0.05) is 16.5 Å². The van der Waals surface area contributed by atoms with Crippen LogP contribution < -0.4 is 0 Å². The standard InChI is InChI=1S/C47H78N2.Ni/c1-5-9-13-16-19-21-23-27-30-42-34-38-44(39-35-42)48-46(32-26-12-8-4)47(33-29-25-18-15-11-7-3)49-45-40-36-43(37-41-45)31-28-24-22-20-17-14-10-6-2;/h34-41H,5-33H2,1-4H3;. The second-order valence-electron chi connectivity index (χ2n) is 14.9. The molecule has 0 radical (unpaired) electrons. The van der Waals surface area contributed by atoms with Gasteiger partial charge < -0.3 is 0 Å². The predicted octanol–water partition coefficient (Wildman–Crippen LogP) is 16.2. The van der Waals surface area contributed by atoms with Crippen molar-refractivity contribution in [3.63, 3.8) is 0 Å². The molecule has 0 atom stereocenters.